The number of methoxy groups -OCH3 is 1. The number of alkyl halides is 1. The van der Waals surface area contributed by atoms with Gasteiger partial charge in [-0.15, -0.1) is 0 Å². The number of anilines is 2. The number of likely N-dealkylation sites (N-methyl/N-ethyl adjacent to an activating group) is 1. The zero-order chi connectivity index (χ0) is 36.5. The lowest BCUT2D eigenvalue weighted by Crippen LogP contribution is -2.39. The molecule has 14 heteroatoms. The van der Waals surface area contributed by atoms with Gasteiger partial charge in [-0.2, -0.15) is 15.0 Å². The van der Waals surface area contributed by atoms with Gasteiger partial charge in [-0.25, -0.2) is 8.78 Å². The Hall–Kier alpha value is -4.36. The number of aromatic nitrogens is 4. The Morgan fingerprint density at radius 3 is 2.73 bits per heavy atom. The average Bonchev–Trinajstić information content (AvgIpc) is 3.97. The summed E-state index contributed by atoms with van der Waals surface area (Å²) in [6.45, 7) is 8.17. The molecule has 2 aromatic heterocycles. The molecule has 3 unspecified atom stereocenters. The van der Waals surface area contributed by atoms with Crippen molar-refractivity contribution >= 4 is 45.9 Å². The monoisotopic (exact) mass is 734 g/mol. The third-order valence-electron chi connectivity index (χ3n) is 10.6. The van der Waals surface area contributed by atoms with Crippen molar-refractivity contribution in [2.24, 2.45) is 0 Å². The Morgan fingerprint density at radius 1 is 1.12 bits per heavy atom. The van der Waals surface area contributed by atoms with Crippen LogP contribution >= 0.6 is 11.6 Å². The highest BCUT2D eigenvalue weighted by Gasteiger charge is 2.35. The number of carbonyl (C=O) groups excluding carboxylic acids is 1. The molecular weight excluding hydrogens is 690 g/mol. The van der Waals surface area contributed by atoms with Crippen molar-refractivity contribution in [3.05, 3.63) is 70.2 Å². The Balaban J connectivity index is 0.000000404. The predicted molar refractivity (Wildman–Crippen MR) is 197 cm³/mol. The van der Waals surface area contributed by atoms with Crippen LogP contribution in [0.2, 0.25) is 5.02 Å². The van der Waals surface area contributed by atoms with Crippen molar-refractivity contribution < 1.29 is 22.8 Å². The Bertz CT molecular complexity index is 1940. The molecular formula is C38H45ClF2N8O3. The van der Waals surface area contributed by atoms with Gasteiger partial charge in [0.25, 0.3) is 5.89 Å². The van der Waals surface area contributed by atoms with E-state index >= 15 is 0 Å². The first-order chi connectivity index (χ1) is 25.1. The van der Waals surface area contributed by atoms with Crippen molar-refractivity contribution in [3.8, 4) is 6.01 Å². The molecule has 0 spiro atoms. The third-order valence-corrected chi connectivity index (χ3v) is 11.0. The maximum atomic E-state index is 14.4. The molecule has 3 fully saturated rings. The fraction of sp³-hybridized carbons (Fsp3) is 0.500. The minimum atomic E-state index is -0.518. The molecule has 1 amide bonds. The molecule has 0 saturated carbocycles. The van der Waals surface area contributed by atoms with Gasteiger partial charge in [0.1, 0.15) is 17.8 Å². The topological polar surface area (TPSA) is 104 Å². The molecule has 4 aliphatic heterocycles. The quantitative estimate of drug-likeness (QED) is 0.197. The van der Waals surface area contributed by atoms with Crippen LogP contribution in [0.5, 0.6) is 6.01 Å². The lowest BCUT2D eigenvalue weighted by molar-refractivity contribution is -0.124. The standard InChI is InChI=1S/C31H33ClFN7O3.C7H12FN/c1-18(2)29-35-25(43-37-29)10-11-26(41)40-14-12-20(16-40)38(3)30-21-13-15-39(17-23(21)34-31(36-30)42-4)24-7-5-6-19-8-9-22(33)28(32)27(19)24;8-6-4-7-2-1-3-9(7)5-6/h5-11,18,20H,12-17H2,1-4H3;6-7H,1-5H2/b11-10+;. The van der Waals surface area contributed by atoms with E-state index in [4.69, 9.17) is 30.8 Å². The number of likely N-dealkylation sites (tertiary alicyclic amines) is 1. The van der Waals surface area contributed by atoms with Crippen LogP contribution in [0, 0.1) is 5.82 Å². The van der Waals surface area contributed by atoms with E-state index in [-0.39, 0.29) is 28.9 Å². The van der Waals surface area contributed by atoms with E-state index in [0.29, 0.717) is 62.3 Å². The van der Waals surface area contributed by atoms with E-state index < -0.39 is 12.0 Å². The van der Waals surface area contributed by atoms with Gasteiger partial charge in [0.15, 0.2) is 5.82 Å². The number of amides is 1. The number of hydrogen-bond donors (Lipinski definition) is 0. The zero-order valence-corrected chi connectivity index (χ0v) is 30.8. The lowest BCUT2D eigenvalue weighted by Gasteiger charge is -2.34. The van der Waals surface area contributed by atoms with Crippen LogP contribution in [-0.2, 0) is 17.8 Å². The van der Waals surface area contributed by atoms with Gasteiger partial charge < -0.3 is 24.0 Å². The Morgan fingerprint density at radius 2 is 1.96 bits per heavy atom. The highest BCUT2D eigenvalue weighted by atomic mass is 35.5. The van der Waals surface area contributed by atoms with Gasteiger partial charge in [-0.1, -0.05) is 48.8 Å². The summed E-state index contributed by atoms with van der Waals surface area (Å²) >= 11 is 6.44. The molecule has 6 heterocycles. The van der Waals surface area contributed by atoms with Crippen LogP contribution in [0.25, 0.3) is 16.8 Å². The molecule has 0 radical (unpaired) electrons. The number of rotatable bonds is 7. The van der Waals surface area contributed by atoms with Crippen molar-refractivity contribution in [1.82, 2.24) is 29.9 Å². The van der Waals surface area contributed by atoms with Crippen molar-refractivity contribution in [2.75, 3.05) is 56.7 Å². The van der Waals surface area contributed by atoms with Crippen molar-refractivity contribution in [2.45, 2.75) is 76.7 Å². The van der Waals surface area contributed by atoms with Gasteiger partial charge in [-0.3, -0.25) is 9.69 Å². The van der Waals surface area contributed by atoms with Crippen LogP contribution in [0.4, 0.5) is 20.3 Å². The van der Waals surface area contributed by atoms with Crippen molar-refractivity contribution in [3.63, 3.8) is 0 Å². The predicted octanol–water partition coefficient (Wildman–Crippen LogP) is 6.44. The Labute approximate surface area is 307 Å². The highest BCUT2D eigenvalue weighted by Crippen LogP contribution is 2.38. The summed E-state index contributed by atoms with van der Waals surface area (Å²) in [5, 5.41) is 5.62. The van der Waals surface area contributed by atoms with Gasteiger partial charge in [0, 0.05) is 80.0 Å². The normalized spacial score (nSPS) is 21.5. The maximum Gasteiger partial charge on any atom is 0.318 e. The summed E-state index contributed by atoms with van der Waals surface area (Å²) in [5.41, 5.74) is 2.75. The molecule has 2 aromatic carbocycles. The third kappa shape index (κ3) is 7.43. The molecule has 276 valence electrons. The van der Waals surface area contributed by atoms with E-state index in [0.717, 1.165) is 47.5 Å². The number of benzene rings is 2. The largest absolute Gasteiger partial charge is 0.467 e. The smallest absolute Gasteiger partial charge is 0.318 e. The molecule has 4 aromatic rings. The fourth-order valence-electron chi connectivity index (χ4n) is 7.79. The van der Waals surface area contributed by atoms with Crippen LogP contribution in [0.3, 0.4) is 0 Å². The van der Waals surface area contributed by atoms with E-state index in [1.165, 1.54) is 25.0 Å². The SMILES string of the molecule is COc1nc2c(c(N(C)C3CCN(C(=O)/C=C/c4nc(C(C)C)no4)C3)n1)CCN(c1cccc3ccc(F)c(Cl)c13)C2.FC1CC2CCCN2C1. The maximum absolute atomic E-state index is 14.4. The van der Waals surface area contributed by atoms with Gasteiger partial charge in [-0.05, 0) is 56.2 Å². The van der Waals surface area contributed by atoms with Crippen LogP contribution in [0.1, 0.15) is 68.4 Å². The first kappa shape index (κ1) is 36.0. The van der Waals surface area contributed by atoms with E-state index in [1.807, 2.05) is 44.0 Å². The second kappa shape index (κ2) is 15.3. The summed E-state index contributed by atoms with van der Waals surface area (Å²) in [7, 11) is 3.55. The summed E-state index contributed by atoms with van der Waals surface area (Å²) < 4.78 is 37.7. The molecule has 0 N–H and O–H groups in total. The number of halogens is 3. The van der Waals surface area contributed by atoms with Gasteiger partial charge in [0.2, 0.25) is 5.91 Å². The van der Waals surface area contributed by atoms with Crippen LogP contribution in [0.15, 0.2) is 40.9 Å². The summed E-state index contributed by atoms with van der Waals surface area (Å²) in [5.74, 6) is 1.31. The number of ether oxygens (including phenoxy) is 1. The van der Waals surface area contributed by atoms with E-state index in [1.54, 1.807) is 19.3 Å². The summed E-state index contributed by atoms with van der Waals surface area (Å²) in [6.07, 6.45) is 7.33. The minimum Gasteiger partial charge on any atom is -0.467 e. The molecule has 0 aliphatic carbocycles. The van der Waals surface area contributed by atoms with Crippen LogP contribution in [-0.4, -0.2) is 101 Å². The molecule has 8 rings (SSSR count). The van der Waals surface area contributed by atoms with Gasteiger partial charge in [0.05, 0.1) is 24.4 Å². The number of fused-ring (bicyclic) bond motifs is 3. The molecule has 52 heavy (non-hydrogen) atoms. The van der Waals surface area contributed by atoms with E-state index in [9.17, 15) is 13.6 Å². The number of nitrogens with zero attached hydrogens (tertiary/aromatic N) is 8. The number of hydrogen-bond acceptors (Lipinski definition) is 10. The molecule has 0 bridgehead atoms. The fourth-order valence-corrected chi connectivity index (χ4v) is 8.06. The molecule has 11 nitrogen and oxygen atoms in total. The Kier molecular flexibility index (Phi) is 10.6. The van der Waals surface area contributed by atoms with E-state index in [2.05, 4.69) is 24.8 Å². The van der Waals surface area contributed by atoms with Gasteiger partial charge >= 0.3 is 6.01 Å². The zero-order valence-electron chi connectivity index (χ0n) is 30.1. The highest BCUT2D eigenvalue weighted by molar-refractivity contribution is 6.36. The summed E-state index contributed by atoms with van der Waals surface area (Å²) in [6, 6.07) is 9.94. The molecule has 4 aliphatic rings. The first-order valence-corrected chi connectivity index (χ1v) is 18.4. The minimum absolute atomic E-state index is 0.0647. The second-order valence-electron chi connectivity index (χ2n) is 14.3. The number of carbonyl (C=O) groups is 1. The molecule has 3 saturated heterocycles. The van der Waals surface area contributed by atoms with Crippen LogP contribution < -0.4 is 14.5 Å². The second-order valence-corrected chi connectivity index (χ2v) is 14.7. The summed E-state index contributed by atoms with van der Waals surface area (Å²) in [4.78, 5) is 35.1. The lowest BCUT2D eigenvalue weighted by atomic mass is 10.0. The van der Waals surface area contributed by atoms with Crippen molar-refractivity contribution in [1.29, 1.82) is 0 Å². The average molecular weight is 735 g/mol. The molecule has 3 atom stereocenters. The first-order valence-electron chi connectivity index (χ1n) is 18.1.